The van der Waals surface area contributed by atoms with Gasteiger partial charge in [0.15, 0.2) is 0 Å². The molecule has 0 aromatic heterocycles. The van der Waals surface area contributed by atoms with Gasteiger partial charge in [-0.25, -0.2) is 4.39 Å². The van der Waals surface area contributed by atoms with Crippen LogP contribution in [-0.4, -0.2) is 30.6 Å². The molecule has 0 spiro atoms. The molecule has 2 nitrogen and oxygen atoms in total. The fraction of sp³-hybridized carbons (Fsp3) is 0.800. The van der Waals surface area contributed by atoms with E-state index in [4.69, 9.17) is 5.73 Å². The van der Waals surface area contributed by atoms with Crippen LogP contribution in [0.4, 0.5) is 4.39 Å². The van der Waals surface area contributed by atoms with E-state index in [9.17, 15) is 4.39 Å². The quantitative estimate of drug-likeness (QED) is 0.724. The van der Waals surface area contributed by atoms with Crippen molar-refractivity contribution in [3.8, 4) is 0 Å². The van der Waals surface area contributed by atoms with E-state index in [1.165, 1.54) is 0 Å². The maximum Gasteiger partial charge on any atom is 0.110 e. The molecule has 1 aliphatic rings. The van der Waals surface area contributed by atoms with Crippen molar-refractivity contribution in [2.45, 2.75) is 26.3 Å². The highest BCUT2D eigenvalue weighted by atomic mass is 19.1. The molecule has 3 heteroatoms. The van der Waals surface area contributed by atoms with Crippen molar-refractivity contribution in [1.29, 1.82) is 0 Å². The number of nitrogens with zero attached hydrogens (tertiary/aromatic N) is 1. The van der Waals surface area contributed by atoms with Gasteiger partial charge in [-0.3, -0.25) is 4.90 Å². The Morgan fingerprint density at radius 1 is 1.62 bits per heavy atom. The average Bonchev–Trinajstić information content (AvgIpc) is 2.04. The topological polar surface area (TPSA) is 29.3 Å². The third-order valence-electron chi connectivity index (χ3n) is 2.51. The van der Waals surface area contributed by atoms with Gasteiger partial charge in [-0.1, -0.05) is 19.9 Å². The summed E-state index contributed by atoms with van der Waals surface area (Å²) in [6.07, 6.45) is 2.48. The lowest BCUT2D eigenvalue weighted by Gasteiger charge is -2.28. The number of halogens is 1. The second kappa shape index (κ2) is 4.72. The second-order valence-corrected chi connectivity index (χ2v) is 4.08. The van der Waals surface area contributed by atoms with E-state index < -0.39 is 0 Å². The fourth-order valence-electron chi connectivity index (χ4n) is 1.43. The first kappa shape index (κ1) is 10.7. The zero-order chi connectivity index (χ0) is 9.84. The van der Waals surface area contributed by atoms with Crippen molar-refractivity contribution >= 4 is 0 Å². The van der Waals surface area contributed by atoms with Crippen LogP contribution >= 0.6 is 0 Å². The van der Waals surface area contributed by atoms with Crippen LogP contribution in [0.25, 0.3) is 0 Å². The molecular formula is C10H19FN2. The molecule has 2 N–H and O–H groups in total. The van der Waals surface area contributed by atoms with Crippen LogP contribution in [0.1, 0.15) is 20.3 Å². The zero-order valence-corrected chi connectivity index (χ0v) is 8.46. The van der Waals surface area contributed by atoms with Gasteiger partial charge >= 0.3 is 0 Å². The van der Waals surface area contributed by atoms with Crippen molar-refractivity contribution in [1.82, 2.24) is 4.90 Å². The molecule has 1 rings (SSSR count). The molecule has 0 saturated carbocycles. The van der Waals surface area contributed by atoms with E-state index in [1.54, 1.807) is 6.08 Å². The monoisotopic (exact) mass is 186 g/mol. The van der Waals surface area contributed by atoms with Crippen LogP contribution in [0, 0.1) is 5.92 Å². The van der Waals surface area contributed by atoms with E-state index >= 15 is 0 Å². The van der Waals surface area contributed by atoms with E-state index in [0.29, 0.717) is 12.5 Å². The molecule has 1 aliphatic heterocycles. The Bertz CT molecular complexity index is 189. The molecule has 0 radical (unpaired) electrons. The minimum Gasteiger partial charge on any atom is -0.326 e. The van der Waals surface area contributed by atoms with Crippen LogP contribution in [-0.2, 0) is 0 Å². The largest absolute Gasteiger partial charge is 0.326 e. The first-order valence-electron chi connectivity index (χ1n) is 4.92. The average molecular weight is 186 g/mol. The lowest BCUT2D eigenvalue weighted by Crippen LogP contribution is -2.42. The molecule has 0 fully saturated rings. The predicted octanol–water partition coefficient (Wildman–Crippen LogP) is 1.53. The van der Waals surface area contributed by atoms with Crippen LogP contribution in [0.3, 0.4) is 0 Å². The standard InChI is InChI=1S/C10H19FN2/c1-8(2)10(12)7-13-5-3-4-9(11)6-13/h4,8,10H,3,5-7,12H2,1-2H3/t10-/m0/s1. The molecule has 0 amide bonds. The summed E-state index contributed by atoms with van der Waals surface area (Å²) < 4.78 is 12.9. The van der Waals surface area contributed by atoms with Crippen LogP contribution in [0.2, 0.25) is 0 Å². The lowest BCUT2D eigenvalue weighted by molar-refractivity contribution is 0.234. The number of hydrogen-bond acceptors (Lipinski definition) is 2. The Balaban J connectivity index is 2.34. The summed E-state index contributed by atoms with van der Waals surface area (Å²) in [5.41, 5.74) is 5.91. The van der Waals surface area contributed by atoms with Crippen molar-refractivity contribution in [2.75, 3.05) is 19.6 Å². The van der Waals surface area contributed by atoms with Gasteiger partial charge in [0, 0.05) is 25.7 Å². The zero-order valence-electron chi connectivity index (χ0n) is 8.46. The van der Waals surface area contributed by atoms with Gasteiger partial charge in [0.1, 0.15) is 5.83 Å². The summed E-state index contributed by atoms with van der Waals surface area (Å²) in [7, 11) is 0. The lowest BCUT2D eigenvalue weighted by atomic mass is 10.0. The molecule has 13 heavy (non-hydrogen) atoms. The Hall–Kier alpha value is -0.410. The summed E-state index contributed by atoms with van der Waals surface area (Å²) in [5, 5.41) is 0. The third kappa shape index (κ3) is 3.44. The summed E-state index contributed by atoms with van der Waals surface area (Å²) in [6.45, 7) is 6.38. The Morgan fingerprint density at radius 2 is 2.31 bits per heavy atom. The maximum atomic E-state index is 12.9. The second-order valence-electron chi connectivity index (χ2n) is 4.08. The maximum absolute atomic E-state index is 12.9. The van der Waals surface area contributed by atoms with Crippen molar-refractivity contribution in [2.24, 2.45) is 11.7 Å². The van der Waals surface area contributed by atoms with Crippen LogP contribution < -0.4 is 5.73 Å². The Kier molecular flexibility index (Phi) is 3.88. The summed E-state index contributed by atoms with van der Waals surface area (Å²) in [4.78, 5) is 2.08. The van der Waals surface area contributed by atoms with E-state index in [0.717, 1.165) is 19.5 Å². The molecule has 0 aliphatic carbocycles. The minimum absolute atomic E-state index is 0.0118. The van der Waals surface area contributed by atoms with Gasteiger partial charge in [0.05, 0.1) is 0 Å². The number of nitrogens with two attached hydrogens (primary N) is 1. The van der Waals surface area contributed by atoms with Crippen molar-refractivity contribution in [3.05, 3.63) is 11.9 Å². The van der Waals surface area contributed by atoms with Gasteiger partial charge in [-0.05, 0) is 12.3 Å². The Labute approximate surface area is 79.6 Å². The highest BCUT2D eigenvalue weighted by molar-refractivity contribution is 4.99. The molecular weight excluding hydrogens is 167 g/mol. The normalized spacial score (nSPS) is 21.8. The molecule has 1 heterocycles. The van der Waals surface area contributed by atoms with E-state index in [1.807, 2.05) is 0 Å². The predicted molar refractivity (Wildman–Crippen MR) is 53.1 cm³/mol. The molecule has 76 valence electrons. The highest BCUT2D eigenvalue weighted by Gasteiger charge is 2.16. The molecule has 1 atom stereocenters. The van der Waals surface area contributed by atoms with E-state index in [2.05, 4.69) is 18.7 Å². The first-order valence-corrected chi connectivity index (χ1v) is 4.92. The first-order chi connectivity index (χ1) is 6.09. The summed E-state index contributed by atoms with van der Waals surface area (Å²) >= 11 is 0. The molecule has 0 unspecified atom stereocenters. The molecule has 0 saturated heterocycles. The van der Waals surface area contributed by atoms with Gasteiger partial charge in [-0.15, -0.1) is 0 Å². The van der Waals surface area contributed by atoms with Gasteiger partial charge in [0.2, 0.25) is 0 Å². The highest BCUT2D eigenvalue weighted by Crippen LogP contribution is 2.11. The molecule has 0 aromatic rings. The van der Waals surface area contributed by atoms with Gasteiger partial charge in [-0.2, -0.15) is 0 Å². The van der Waals surface area contributed by atoms with Crippen LogP contribution in [0.5, 0.6) is 0 Å². The number of hydrogen-bond donors (Lipinski definition) is 1. The van der Waals surface area contributed by atoms with Crippen molar-refractivity contribution < 1.29 is 4.39 Å². The van der Waals surface area contributed by atoms with Crippen molar-refractivity contribution in [3.63, 3.8) is 0 Å². The summed E-state index contributed by atoms with van der Waals surface area (Å²) in [6, 6.07) is 0.158. The third-order valence-corrected chi connectivity index (χ3v) is 2.51. The Morgan fingerprint density at radius 3 is 2.85 bits per heavy atom. The van der Waals surface area contributed by atoms with Gasteiger partial charge in [0.25, 0.3) is 0 Å². The SMILES string of the molecule is CC(C)[C@@H](N)CN1CCC=C(F)C1. The van der Waals surface area contributed by atoms with Gasteiger partial charge < -0.3 is 5.73 Å². The summed E-state index contributed by atoms with van der Waals surface area (Å²) in [5.74, 6) is 0.455. The van der Waals surface area contributed by atoms with Crippen LogP contribution in [0.15, 0.2) is 11.9 Å². The fourth-order valence-corrected chi connectivity index (χ4v) is 1.43. The minimum atomic E-state index is -0.0118. The molecule has 0 aromatic carbocycles. The smallest absolute Gasteiger partial charge is 0.110 e. The molecule has 0 bridgehead atoms. The van der Waals surface area contributed by atoms with E-state index in [-0.39, 0.29) is 11.9 Å². The number of rotatable bonds is 3.